The number of aliphatic hydroxyl groups is 1. The van der Waals surface area contributed by atoms with Gasteiger partial charge in [0.15, 0.2) is 0 Å². The van der Waals surface area contributed by atoms with Gasteiger partial charge in [0.05, 0.1) is 59.3 Å². The molecule has 1 atom stereocenters. The zero-order chi connectivity index (χ0) is 29.2. The summed E-state index contributed by atoms with van der Waals surface area (Å²) in [6.07, 6.45) is -3.95. The molecule has 1 unspecified atom stereocenters. The molecule has 0 aliphatic carbocycles. The van der Waals surface area contributed by atoms with Crippen molar-refractivity contribution in [1.29, 1.82) is 0 Å². The molecule has 1 fully saturated rings. The predicted molar refractivity (Wildman–Crippen MR) is 141 cm³/mol. The molecular formula is C26H24ClF3N4O5S. The highest BCUT2D eigenvalue weighted by Crippen LogP contribution is 2.33. The van der Waals surface area contributed by atoms with Crippen molar-refractivity contribution >= 4 is 44.8 Å². The van der Waals surface area contributed by atoms with Crippen molar-refractivity contribution in [2.45, 2.75) is 37.1 Å². The van der Waals surface area contributed by atoms with Crippen LogP contribution in [-0.4, -0.2) is 49.5 Å². The maximum Gasteiger partial charge on any atom is 0.416 e. The second kappa shape index (κ2) is 11.4. The smallest absolute Gasteiger partial charge is 0.391 e. The number of pyridine rings is 1. The first-order chi connectivity index (χ1) is 18.8. The van der Waals surface area contributed by atoms with Gasteiger partial charge in [0, 0.05) is 5.02 Å². The molecule has 14 heteroatoms. The highest BCUT2D eigenvalue weighted by Gasteiger charge is 2.33. The number of benzene rings is 2. The minimum atomic E-state index is -4.65. The molecule has 2 heterocycles. The van der Waals surface area contributed by atoms with Crippen LogP contribution in [0.2, 0.25) is 5.02 Å². The quantitative estimate of drug-likeness (QED) is 0.409. The summed E-state index contributed by atoms with van der Waals surface area (Å²) < 4.78 is 66.9. The molecule has 212 valence electrons. The zero-order valence-corrected chi connectivity index (χ0v) is 22.6. The van der Waals surface area contributed by atoms with E-state index in [1.807, 2.05) is 0 Å². The van der Waals surface area contributed by atoms with E-state index < -0.39 is 45.2 Å². The largest absolute Gasteiger partial charge is 0.416 e. The van der Waals surface area contributed by atoms with Crippen molar-refractivity contribution in [3.63, 3.8) is 0 Å². The minimum absolute atomic E-state index is 0.0236. The van der Waals surface area contributed by atoms with E-state index in [0.717, 1.165) is 16.4 Å². The summed E-state index contributed by atoms with van der Waals surface area (Å²) in [5, 5.41) is 12.5. The van der Waals surface area contributed by atoms with Gasteiger partial charge >= 0.3 is 6.18 Å². The van der Waals surface area contributed by atoms with Crippen molar-refractivity contribution in [2.75, 3.05) is 22.3 Å². The number of halogens is 4. The first kappa shape index (κ1) is 29.3. The zero-order valence-electron chi connectivity index (χ0n) is 21.0. The van der Waals surface area contributed by atoms with E-state index in [9.17, 15) is 36.3 Å². The third kappa shape index (κ3) is 6.37. The summed E-state index contributed by atoms with van der Waals surface area (Å²) in [5.74, 6) is -0.945. The molecule has 3 aromatic rings. The van der Waals surface area contributed by atoms with Gasteiger partial charge in [-0.15, -0.1) is 0 Å². The fourth-order valence-electron chi connectivity index (χ4n) is 4.10. The molecule has 1 aromatic heterocycles. The molecule has 0 radical (unpaired) electrons. The number of hydrogen-bond donors (Lipinski definition) is 2. The van der Waals surface area contributed by atoms with Gasteiger partial charge < -0.3 is 15.3 Å². The lowest BCUT2D eigenvalue weighted by molar-refractivity contribution is -0.137. The second-order valence-electron chi connectivity index (χ2n) is 9.06. The molecule has 0 spiro atoms. The number of amides is 2. The van der Waals surface area contributed by atoms with E-state index in [0.29, 0.717) is 29.1 Å². The predicted octanol–water partition coefficient (Wildman–Crippen LogP) is 3.67. The average Bonchev–Trinajstić information content (AvgIpc) is 3.25. The van der Waals surface area contributed by atoms with Gasteiger partial charge in [-0.25, -0.2) is 8.42 Å². The lowest BCUT2D eigenvalue weighted by Gasteiger charge is -2.26. The number of rotatable bonds is 8. The first-order valence-corrected chi connectivity index (χ1v) is 13.7. The number of β-amino-alcohol motifs (C(OH)–C–C–N with tert-alkyl or cyclic N) is 1. The number of alkyl halides is 3. The Kier molecular flexibility index (Phi) is 8.38. The number of carbonyl (C=O) groups excluding carboxylic acids is 2. The third-order valence-electron chi connectivity index (χ3n) is 6.26. The molecule has 2 amide bonds. The topological polar surface area (TPSA) is 120 Å². The summed E-state index contributed by atoms with van der Waals surface area (Å²) in [4.78, 5) is 30.0. The number of nitrogens with zero attached hydrogens (tertiary/aromatic N) is 3. The van der Waals surface area contributed by atoms with E-state index >= 15 is 0 Å². The van der Waals surface area contributed by atoms with E-state index in [2.05, 4.69) is 10.3 Å². The van der Waals surface area contributed by atoms with Crippen LogP contribution >= 0.6 is 11.6 Å². The average molecular weight is 597 g/mol. The molecule has 1 saturated heterocycles. The molecule has 40 heavy (non-hydrogen) atoms. The van der Waals surface area contributed by atoms with Gasteiger partial charge in [0.2, 0.25) is 11.8 Å². The highest BCUT2D eigenvalue weighted by atomic mass is 35.5. The molecule has 4 rings (SSSR count). The van der Waals surface area contributed by atoms with Crippen molar-refractivity contribution in [3.8, 4) is 0 Å². The summed E-state index contributed by atoms with van der Waals surface area (Å²) in [7, 11) is -4.49. The number of anilines is 2. The monoisotopic (exact) mass is 596 g/mol. The fraction of sp³-hybridized carbons (Fsp3) is 0.269. The maximum atomic E-state index is 13.5. The lowest BCUT2D eigenvalue weighted by Crippen LogP contribution is -2.41. The van der Waals surface area contributed by atoms with Crippen molar-refractivity contribution in [2.24, 2.45) is 0 Å². The van der Waals surface area contributed by atoms with Crippen molar-refractivity contribution in [3.05, 3.63) is 82.6 Å². The summed E-state index contributed by atoms with van der Waals surface area (Å²) in [6.45, 7) is 0.949. The highest BCUT2D eigenvalue weighted by molar-refractivity contribution is 7.92. The Morgan fingerprint density at radius 3 is 2.45 bits per heavy atom. The van der Waals surface area contributed by atoms with Crippen LogP contribution in [0.4, 0.5) is 24.5 Å². The number of hydrogen-bond acceptors (Lipinski definition) is 6. The van der Waals surface area contributed by atoms with Gasteiger partial charge in [-0.05, 0) is 61.0 Å². The van der Waals surface area contributed by atoms with E-state index in [-0.39, 0.29) is 36.1 Å². The van der Waals surface area contributed by atoms with Crippen LogP contribution in [0, 0.1) is 6.92 Å². The van der Waals surface area contributed by atoms with Gasteiger partial charge in [-0.2, -0.15) is 13.2 Å². The van der Waals surface area contributed by atoms with Crippen LogP contribution in [0.25, 0.3) is 0 Å². The minimum Gasteiger partial charge on any atom is -0.391 e. The Labute approximate surface area is 233 Å². The summed E-state index contributed by atoms with van der Waals surface area (Å²) >= 11 is 6.19. The van der Waals surface area contributed by atoms with Gasteiger partial charge in [0.1, 0.15) is 6.54 Å². The number of carbonyl (C=O) groups is 2. The fourth-order valence-corrected chi connectivity index (χ4v) is 5.75. The Balaban J connectivity index is 1.53. The van der Waals surface area contributed by atoms with E-state index in [1.165, 1.54) is 29.3 Å². The number of aromatic nitrogens is 1. The van der Waals surface area contributed by atoms with Crippen molar-refractivity contribution < 1.29 is 36.3 Å². The molecule has 2 N–H and O–H groups in total. The van der Waals surface area contributed by atoms with Crippen LogP contribution in [0.1, 0.15) is 23.2 Å². The second-order valence-corrected chi connectivity index (χ2v) is 11.3. The van der Waals surface area contributed by atoms with Crippen LogP contribution in [0.15, 0.2) is 65.7 Å². The van der Waals surface area contributed by atoms with Crippen LogP contribution in [0.5, 0.6) is 0 Å². The Bertz CT molecular complexity index is 1520. The molecular weight excluding hydrogens is 573 g/mol. The summed E-state index contributed by atoms with van der Waals surface area (Å²) in [6, 6.07) is 10.6. The molecule has 2 aromatic carbocycles. The normalized spacial score (nSPS) is 15.8. The number of sulfonamides is 1. The van der Waals surface area contributed by atoms with Gasteiger partial charge in [0.25, 0.3) is 10.0 Å². The Morgan fingerprint density at radius 2 is 1.88 bits per heavy atom. The molecule has 1 aliphatic rings. The van der Waals surface area contributed by atoms with Crippen molar-refractivity contribution in [1.82, 2.24) is 10.3 Å². The van der Waals surface area contributed by atoms with Crippen LogP contribution in [0.3, 0.4) is 0 Å². The maximum absolute atomic E-state index is 13.5. The third-order valence-corrected chi connectivity index (χ3v) is 8.44. The lowest BCUT2D eigenvalue weighted by atomic mass is 10.2. The Hall–Kier alpha value is -3.68. The van der Waals surface area contributed by atoms with Gasteiger partial charge in [-0.1, -0.05) is 17.7 Å². The Morgan fingerprint density at radius 1 is 1.18 bits per heavy atom. The first-order valence-electron chi connectivity index (χ1n) is 11.9. The van der Waals surface area contributed by atoms with E-state index in [4.69, 9.17) is 11.6 Å². The SMILES string of the molecule is Cc1c(Cl)cccc1N(CC(=O)NCc1ccc(N2CC(O)CC2=O)cn1)S(=O)(=O)c1ccc(C(F)(F)F)cc1. The molecule has 1 aliphatic heterocycles. The molecule has 0 saturated carbocycles. The standard InChI is InChI=1S/C26H24ClF3N4O5S/c1-16-22(27)3-2-4-23(16)34(40(38,39)21-9-5-17(6-10-21)26(28,29)30)15-24(36)32-12-18-7-8-19(13-31-18)33-14-20(35)11-25(33)37/h2-10,13,20,35H,11-12,14-15H2,1H3,(H,32,36). The summed E-state index contributed by atoms with van der Waals surface area (Å²) in [5.41, 5.74) is 0.328. The van der Waals surface area contributed by atoms with Gasteiger partial charge in [-0.3, -0.25) is 18.9 Å². The molecule has 0 bridgehead atoms. The number of nitrogens with one attached hydrogen (secondary N) is 1. The van der Waals surface area contributed by atoms with Crippen LogP contribution in [-0.2, 0) is 32.3 Å². The molecule has 9 nitrogen and oxygen atoms in total. The van der Waals surface area contributed by atoms with Crippen LogP contribution < -0.4 is 14.5 Å². The van der Waals surface area contributed by atoms with E-state index in [1.54, 1.807) is 19.1 Å². The number of aliphatic hydroxyl groups excluding tert-OH is 1.